The number of rotatable bonds is 8. The first kappa shape index (κ1) is 21.1. The largest absolute Gasteiger partial charge is 0.355 e. The molecule has 2 aromatic rings. The molecule has 2 aromatic carbocycles. The van der Waals surface area contributed by atoms with Crippen LogP contribution in [0.2, 0.25) is 0 Å². The molecule has 2 amide bonds. The molecule has 3 rings (SSSR count). The van der Waals surface area contributed by atoms with Crippen LogP contribution < -0.4 is 10.6 Å². The van der Waals surface area contributed by atoms with Gasteiger partial charge in [-0.05, 0) is 31.0 Å². The molecule has 0 bridgehead atoms. The maximum absolute atomic E-state index is 12.7. The number of carbonyl (C=O) groups excluding carboxylic acids is 2. The van der Waals surface area contributed by atoms with E-state index in [9.17, 15) is 9.59 Å². The van der Waals surface area contributed by atoms with Gasteiger partial charge in [-0.25, -0.2) is 0 Å². The normalized spacial score (nSPS) is 19.3. The van der Waals surface area contributed by atoms with Gasteiger partial charge in [-0.2, -0.15) is 0 Å². The first-order valence-corrected chi connectivity index (χ1v) is 10.4. The van der Waals surface area contributed by atoms with E-state index in [1.54, 1.807) is 0 Å². The number of likely N-dealkylation sites (N-methyl/N-ethyl adjacent to an activating group) is 1. The zero-order valence-electron chi connectivity index (χ0n) is 17.3. The Kier molecular flexibility index (Phi) is 7.42. The molecule has 0 spiro atoms. The van der Waals surface area contributed by atoms with Gasteiger partial charge in [-0.1, -0.05) is 60.7 Å². The Balaban J connectivity index is 1.56. The van der Waals surface area contributed by atoms with Crippen molar-refractivity contribution in [2.24, 2.45) is 0 Å². The number of hydrogen-bond acceptors (Lipinski definition) is 3. The van der Waals surface area contributed by atoms with Gasteiger partial charge in [-0.15, -0.1) is 0 Å². The van der Waals surface area contributed by atoms with E-state index < -0.39 is 0 Å². The lowest BCUT2D eigenvalue weighted by atomic mass is 9.91. The molecule has 0 saturated carbocycles. The first-order valence-electron chi connectivity index (χ1n) is 10.4. The highest BCUT2D eigenvalue weighted by molar-refractivity contribution is 5.76. The Morgan fingerprint density at radius 2 is 1.48 bits per heavy atom. The van der Waals surface area contributed by atoms with Crippen LogP contribution in [0.4, 0.5) is 0 Å². The molecule has 0 radical (unpaired) electrons. The summed E-state index contributed by atoms with van der Waals surface area (Å²) in [4.78, 5) is 26.1. The highest BCUT2D eigenvalue weighted by Crippen LogP contribution is 2.25. The molecular weight excluding hydrogens is 362 g/mol. The van der Waals surface area contributed by atoms with E-state index in [1.165, 1.54) is 18.1 Å². The summed E-state index contributed by atoms with van der Waals surface area (Å²) in [7, 11) is 2.05. The number of carbonyl (C=O) groups is 2. The lowest BCUT2D eigenvalue weighted by molar-refractivity contribution is -0.122. The lowest BCUT2D eigenvalue weighted by Gasteiger charge is -2.26. The minimum absolute atomic E-state index is 0.00698. The fourth-order valence-electron chi connectivity index (χ4n) is 4.14. The summed E-state index contributed by atoms with van der Waals surface area (Å²) in [6.07, 6.45) is 2.48. The molecular formula is C24H31N3O2. The van der Waals surface area contributed by atoms with Crippen molar-refractivity contribution >= 4 is 11.8 Å². The van der Waals surface area contributed by atoms with Crippen LogP contribution >= 0.6 is 0 Å². The predicted octanol–water partition coefficient (Wildman–Crippen LogP) is 2.92. The quantitative estimate of drug-likeness (QED) is 0.725. The van der Waals surface area contributed by atoms with E-state index in [0.29, 0.717) is 25.6 Å². The molecule has 5 nitrogen and oxygen atoms in total. The van der Waals surface area contributed by atoms with E-state index in [-0.39, 0.29) is 23.8 Å². The van der Waals surface area contributed by atoms with Gasteiger partial charge >= 0.3 is 0 Å². The Morgan fingerprint density at radius 3 is 2.03 bits per heavy atom. The van der Waals surface area contributed by atoms with Crippen molar-refractivity contribution in [3.63, 3.8) is 0 Å². The Labute approximate surface area is 173 Å². The molecule has 1 saturated heterocycles. The number of hydrogen-bond donors (Lipinski definition) is 2. The zero-order valence-corrected chi connectivity index (χ0v) is 17.3. The van der Waals surface area contributed by atoms with E-state index in [0.717, 1.165) is 12.8 Å². The van der Waals surface area contributed by atoms with Crippen molar-refractivity contribution in [3.8, 4) is 0 Å². The number of nitrogens with one attached hydrogen (secondary N) is 2. The summed E-state index contributed by atoms with van der Waals surface area (Å²) < 4.78 is 0. The highest BCUT2D eigenvalue weighted by atomic mass is 16.2. The first-order chi connectivity index (χ1) is 14.0. The lowest BCUT2D eigenvalue weighted by Crippen LogP contribution is -2.42. The van der Waals surface area contributed by atoms with Gasteiger partial charge in [0.25, 0.3) is 0 Å². The molecule has 154 valence electrons. The third kappa shape index (κ3) is 5.91. The molecule has 1 fully saturated rings. The minimum atomic E-state index is -0.00698. The molecule has 0 aromatic heterocycles. The van der Waals surface area contributed by atoms with Gasteiger partial charge in [0.15, 0.2) is 0 Å². The molecule has 1 aliphatic heterocycles. The second-order valence-electron chi connectivity index (χ2n) is 7.87. The molecule has 0 aliphatic carbocycles. The predicted molar refractivity (Wildman–Crippen MR) is 116 cm³/mol. The maximum atomic E-state index is 12.7. The van der Waals surface area contributed by atoms with Crippen molar-refractivity contribution in [2.45, 2.75) is 44.2 Å². The van der Waals surface area contributed by atoms with Gasteiger partial charge in [-0.3, -0.25) is 14.5 Å². The SMILES string of the molecule is CC(=O)NC[C@H]1CC[C@@H](CC(=O)NCC(c2ccccc2)c2ccccc2)N1C. The standard InChI is InChI=1S/C24H31N3O2/c1-18(28)25-16-22-14-13-21(27(22)2)15-24(29)26-17-23(19-9-5-3-6-10-19)20-11-7-4-8-12-20/h3-12,21-23H,13-17H2,1-2H3,(H,25,28)(H,26,29)/t21-,22+/m0/s1. The Hall–Kier alpha value is -2.66. The van der Waals surface area contributed by atoms with Crippen molar-refractivity contribution in [1.82, 2.24) is 15.5 Å². The Bertz CT molecular complexity index is 755. The molecule has 5 heteroatoms. The van der Waals surface area contributed by atoms with Crippen LogP contribution in [0, 0.1) is 0 Å². The van der Waals surface area contributed by atoms with Gasteiger partial charge in [0.1, 0.15) is 0 Å². The Morgan fingerprint density at radius 1 is 0.931 bits per heavy atom. The van der Waals surface area contributed by atoms with Crippen LogP contribution in [-0.4, -0.2) is 48.9 Å². The molecule has 2 N–H and O–H groups in total. The summed E-state index contributed by atoms with van der Waals surface area (Å²) in [6.45, 7) is 2.77. The molecule has 29 heavy (non-hydrogen) atoms. The smallest absolute Gasteiger partial charge is 0.221 e. The number of amides is 2. The van der Waals surface area contributed by atoms with E-state index in [1.807, 2.05) is 43.4 Å². The minimum Gasteiger partial charge on any atom is -0.355 e. The monoisotopic (exact) mass is 393 g/mol. The van der Waals surface area contributed by atoms with Gasteiger partial charge in [0, 0.05) is 44.4 Å². The summed E-state index contributed by atoms with van der Waals surface area (Å²) in [5.41, 5.74) is 2.40. The number of likely N-dealkylation sites (tertiary alicyclic amines) is 1. The average molecular weight is 394 g/mol. The number of benzene rings is 2. The van der Waals surface area contributed by atoms with E-state index in [2.05, 4.69) is 39.8 Å². The van der Waals surface area contributed by atoms with E-state index >= 15 is 0 Å². The third-order valence-electron chi connectivity index (χ3n) is 5.90. The zero-order chi connectivity index (χ0) is 20.6. The van der Waals surface area contributed by atoms with Crippen LogP contribution in [0.1, 0.15) is 43.2 Å². The highest BCUT2D eigenvalue weighted by Gasteiger charge is 2.31. The second kappa shape index (κ2) is 10.2. The summed E-state index contributed by atoms with van der Waals surface area (Å²) in [6, 6.07) is 21.1. The van der Waals surface area contributed by atoms with Crippen molar-refractivity contribution in [3.05, 3.63) is 71.8 Å². The van der Waals surface area contributed by atoms with E-state index in [4.69, 9.17) is 0 Å². The van der Waals surface area contributed by atoms with Crippen molar-refractivity contribution in [1.29, 1.82) is 0 Å². The van der Waals surface area contributed by atoms with Crippen LogP contribution in [0.15, 0.2) is 60.7 Å². The fourth-order valence-corrected chi connectivity index (χ4v) is 4.14. The van der Waals surface area contributed by atoms with Crippen molar-refractivity contribution < 1.29 is 9.59 Å². The maximum Gasteiger partial charge on any atom is 0.221 e. The topological polar surface area (TPSA) is 61.4 Å². The molecule has 1 heterocycles. The van der Waals surface area contributed by atoms with Gasteiger partial charge in [0.2, 0.25) is 11.8 Å². The molecule has 1 aliphatic rings. The number of nitrogens with zero attached hydrogens (tertiary/aromatic N) is 1. The summed E-state index contributed by atoms with van der Waals surface area (Å²) >= 11 is 0. The summed E-state index contributed by atoms with van der Waals surface area (Å²) in [5, 5.41) is 6.04. The molecule has 2 atom stereocenters. The van der Waals surface area contributed by atoms with Gasteiger partial charge < -0.3 is 10.6 Å². The van der Waals surface area contributed by atoms with Crippen LogP contribution in [0.5, 0.6) is 0 Å². The fraction of sp³-hybridized carbons (Fsp3) is 0.417. The van der Waals surface area contributed by atoms with Gasteiger partial charge in [0.05, 0.1) is 0 Å². The molecule has 0 unspecified atom stereocenters. The third-order valence-corrected chi connectivity index (χ3v) is 5.90. The second-order valence-corrected chi connectivity index (χ2v) is 7.87. The van der Waals surface area contributed by atoms with Crippen molar-refractivity contribution in [2.75, 3.05) is 20.1 Å². The van der Waals surface area contributed by atoms with Crippen LogP contribution in [-0.2, 0) is 9.59 Å². The van der Waals surface area contributed by atoms with Crippen LogP contribution in [0.3, 0.4) is 0 Å². The van der Waals surface area contributed by atoms with Crippen LogP contribution in [0.25, 0.3) is 0 Å². The average Bonchev–Trinajstić information content (AvgIpc) is 3.07. The summed E-state index contributed by atoms with van der Waals surface area (Å²) in [5.74, 6) is 0.210.